The van der Waals surface area contributed by atoms with Gasteiger partial charge in [-0.3, -0.25) is 4.79 Å². The van der Waals surface area contributed by atoms with Gasteiger partial charge in [0.15, 0.2) is 0 Å². The van der Waals surface area contributed by atoms with Gasteiger partial charge in [0.2, 0.25) is 0 Å². The maximum Gasteiger partial charge on any atom is 0.397 e. The van der Waals surface area contributed by atoms with Crippen LogP contribution in [0.1, 0.15) is 12.5 Å². The SMILES string of the molecule is CCOC(=O)C(=O)Nc1cccc(CN)c1. The van der Waals surface area contributed by atoms with Gasteiger partial charge in [-0.25, -0.2) is 4.79 Å². The zero-order valence-corrected chi connectivity index (χ0v) is 9.03. The summed E-state index contributed by atoms with van der Waals surface area (Å²) in [5, 5.41) is 2.43. The average Bonchev–Trinajstić information content (AvgIpc) is 2.29. The molecule has 0 aliphatic rings. The standard InChI is InChI=1S/C11H14N2O3/c1-2-16-11(15)10(14)13-9-5-3-4-8(6-9)7-12/h3-6H,2,7,12H2,1H3,(H,13,14). The van der Waals surface area contributed by atoms with E-state index in [1.54, 1.807) is 25.1 Å². The summed E-state index contributed by atoms with van der Waals surface area (Å²) in [6.45, 7) is 2.19. The summed E-state index contributed by atoms with van der Waals surface area (Å²) in [7, 11) is 0. The third kappa shape index (κ3) is 3.36. The van der Waals surface area contributed by atoms with Crippen molar-refractivity contribution in [3.63, 3.8) is 0 Å². The molecule has 0 aliphatic carbocycles. The Bertz CT molecular complexity index is 391. The zero-order valence-electron chi connectivity index (χ0n) is 9.03. The Hall–Kier alpha value is -1.88. The minimum atomic E-state index is -0.888. The predicted molar refractivity (Wildman–Crippen MR) is 59.6 cm³/mol. The van der Waals surface area contributed by atoms with Crippen molar-refractivity contribution in [2.45, 2.75) is 13.5 Å². The van der Waals surface area contributed by atoms with Crippen LogP contribution in [0, 0.1) is 0 Å². The van der Waals surface area contributed by atoms with E-state index < -0.39 is 11.9 Å². The monoisotopic (exact) mass is 222 g/mol. The van der Waals surface area contributed by atoms with Crippen LogP contribution in [-0.4, -0.2) is 18.5 Å². The third-order valence-corrected chi connectivity index (χ3v) is 1.88. The fourth-order valence-electron chi connectivity index (χ4n) is 1.15. The van der Waals surface area contributed by atoms with E-state index in [-0.39, 0.29) is 6.61 Å². The number of carbonyl (C=O) groups is 2. The number of hydrogen-bond acceptors (Lipinski definition) is 4. The van der Waals surface area contributed by atoms with Crippen molar-refractivity contribution in [2.24, 2.45) is 5.73 Å². The topological polar surface area (TPSA) is 81.4 Å². The molecule has 0 bridgehead atoms. The summed E-state index contributed by atoms with van der Waals surface area (Å²) in [4.78, 5) is 22.3. The molecule has 0 fully saturated rings. The van der Waals surface area contributed by atoms with Gasteiger partial charge in [-0.15, -0.1) is 0 Å². The molecule has 16 heavy (non-hydrogen) atoms. The number of amides is 1. The van der Waals surface area contributed by atoms with Gasteiger partial charge in [-0.2, -0.15) is 0 Å². The Labute approximate surface area is 93.6 Å². The van der Waals surface area contributed by atoms with Gasteiger partial charge < -0.3 is 15.8 Å². The molecule has 3 N–H and O–H groups in total. The highest BCUT2D eigenvalue weighted by Crippen LogP contribution is 2.09. The van der Waals surface area contributed by atoms with Crippen molar-refractivity contribution in [1.82, 2.24) is 0 Å². The maximum absolute atomic E-state index is 11.3. The van der Waals surface area contributed by atoms with E-state index in [2.05, 4.69) is 10.1 Å². The molecule has 1 aromatic rings. The fraction of sp³-hybridized carbons (Fsp3) is 0.273. The molecular weight excluding hydrogens is 208 g/mol. The molecular formula is C11H14N2O3. The molecule has 0 unspecified atom stereocenters. The predicted octanol–water partition coefficient (Wildman–Crippen LogP) is 0.647. The summed E-state index contributed by atoms with van der Waals surface area (Å²) in [5.74, 6) is -1.67. The third-order valence-electron chi connectivity index (χ3n) is 1.88. The van der Waals surface area contributed by atoms with E-state index >= 15 is 0 Å². The zero-order chi connectivity index (χ0) is 12.0. The minimum Gasteiger partial charge on any atom is -0.459 e. The van der Waals surface area contributed by atoms with Gasteiger partial charge in [0.25, 0.3) is 0 Å². The van der Waals surface area contributed by atoms with Crippen molar-refractivity contribution in [3.05, 3.63) is 29.8 Å². The molecule has 86 valence electrons. The quantitative estimate of drug-likeness (QED) is 0.581. The van der Waals surface area contributed by atoms with Crippen LogP contribution in [0.5, 0.6) is 0 Å². The van der Waals surface area contributed by atoms with Crippen LogP contribution in [0.2, 0.25) is 0 Å². The summed E-state index contributed by atoms with van der Waals surface area (Å²) in [6.07, 6.45) is 0. The summed E-state index contributed by atoms with van der Waals surface area (Å²) >= 11 is 0. The normalized spacial score (nSPS) is 9.62. The highest BCUT2D eigenvalue weighted by Gasteiger charge is 2.14. The number of rotatable bonds is 3. The number of ether oxygens (including phenoxy) is 1. The van der Waals surface area contributed by atoms with Crippen LogP contribution >= 0.6 is 0 Å². The number of anilines is 1. The lowest BCUT2D eigenvalue weighted by Crippen LogP contribution is -2.25. The molecule has 0 spiro atoms. The Kier molecular flexibility index (Phi) is 4.47. The van der Waals surface area contributed by atoms with Gasteiger partial charge in [0, 0.05) is 12.2 Å². The molecule has 0 saturated heterocycles. The number of esters is 1. The van der Waals surface area contributed by atoms with Crippen molar-refractivity contribution in [1.29, 1.82) is 0 Å². The lowest BCUT2D eigenvalue weighted by atomic mass is 10.2. The lowest BCUT2D eigenvalue weighted by Gasteiger charge is -2.05. The Balaban J connectivity index is 2.65. The van der Waals surface area contributed by atoms with Crippen LogP contribution in [0.4, 0.5) is 5.69 Å². The Morgan fingerprint density at radius 2 is 2.19 bits per heavy atom. The molecule has 1 amide bonds. The van der Waals surface area contributed by atoms with Gasteiger partial charge >= 0.3 is 11.9 Å². The van der Waals surface area contributed by atoms with E-state index in [9.17, 15) is 9.59 Å². The van der Waals surface area contributed by atoms with Crippen molar-refractivity contribution in [2.75, 3.05) is 11.9 Å². The first-order valence-corrected chi connectivity index (χ1v) is 4.94. The molecule has 5 heteroatoms. The molecule has 5 nitrogen and oxygen atoms in total. The van der Waals surface area contributed by atoms with Crippen LogP contribution < -0.4 is 11.1 Å². The van der Waals surface area contributed by atoms with E-state index in [1.165, 1.54) is 0 Å². The molecule has 0 atom stereocenters. The smallest absolute Gasteiger partial charge is 0.397 e. The van der Waals surface area contributed by atoms with E-state index in [0.29, 0.717) is 12.2 Å². The van der Waals surface area contributed by atoms with Crippen molar-refractivity contribution in [3.8, 4) is 0 Å². The molecule has 0 aromatic heterocycles. The molecule has 0 saturated carbocycles. The Morgan fingerprint density at radius 1 is 1.44 bits per heavy atom. The average molecular weight is 222 g/mol. The van der Waals surface area contributed by atoms with Crippen molar-refractivity contribution < 1.29 is 14.3 Å². The Morgan fingerprint density at radius 3 is 2.81 bits per heavy atom. The summed E-state index contributed by atoms with van der Waals surface area (Å²) in [5.41, 5.74) is 6.86. The number of hydrogen-bond donors (Lipinski definition) is 2. The second-order valence-electron chi connectivity index (χ2n) is 3.08. The molecule has 1 rings (SSSR count). The van der Waals surface area contributed by atoms with Crippen LogP contribution in [0.3, 0.4) is 0 Å². The second kappa shape index (κ2) is 5.87. The van der Waals surface area contributed by atoms with E-state index in [4.69, 9.17) is 5.73 Å². The van der Waals surface area contributed by atoms with Gasteiger partial charge in [-0.1, -0.05) is 12.1 Å². The highest BCUT2D eigenvalue weighted by atomic mass is 16.5. The largest absolute Gasteiger partial charge is 0.459 e. The maximum atomic E-state index is 11.3. The summed E-state index contributed by atoms with van der Waals surface area (Å²) < 4.78 is 4.56. The number of carbonyl (C=O) groups excluding carboxylic acids is 2. The van der Waals surface area contributed by atoms with Crippen LogP contribution in [0.25, 0.3) is 0 Å². The fourth-order valence-corrected chi connectivity index (χ4v) is 1.15. The number of benzene rings is 1. The lowest BCUT2D eigenvalue weighted by molar-refractivity contribution is -0.152. The highest BCUT2D eigenvalue weighted by molar-refractivity contribution is 6.37. The van der Waals surface area contributed by atoms with E-state index in [1.807, 2.05) is 6.07 Å². The van der Waals surface area contributed by atoms with Gasteiger partial charge in [-0.05, 0) is 24.6 Å². The first-order valence-electron chi connectivity index (χ1n) is 4.94. The van der Waals surface area contributed by atoms with Crippen LogP contribution in [0.15, 0.2) is 24.3 Å². The number of nitrogens with two attached hydrogens (primary N) is 1. The summed E-state index contributed by atoms with van der Waals surface area (Å²) in [6, 6.07) is 6.97. The molecule has 0 radical (unpaired) electrons. The second-order valence-corrected chi connectivity index (χ2v) is 3.08. The first kappa shape index (κ1) is 12.2. The van der Waals surface area contributed by atoms with Gasteiger partial charge in [0.1, 0.15) is 0 Å². The van der Waals surface area contributed by atoms with E-state index in [0.717, 1.165) is 5.56 Å². The van der Waals surface area contributed by atoms with Gasteiger partial charge in [0.05, 0.1) is 6.61 Å². The van der Waals surface area contributed by atoms with Crippen molar-refractivity contribution >= 4 is 17.6 Å². The molecule has 1 aromatic carbocycles. The molecule has 0 aliphatic heterocycles. The first-order chi connectivity index (χ1) is 7.67. The molecule has 0 heterocycles. The number of nitrogens with one attached hydrogen (secondary N) is 1. The van der Waals surface area contributed by atoms with Crippen LogP contribution in [-0.2, 0) is 20.9 Å². The minimum absolute atomic E-state index is 0.176.